The Morgan fingerprint density at radius 2 is 1.48 bits per heavy atom. The third kappa shape index (κ3) is 5.49. The van der Waals surface area contributed by atoms with Crippen molar-refractivity contribution in [3.63, 3.8) is 0 Å². The average Bonchev–Trinajstić information content (AvgIpc) is 2.85. The summed E-state index contributed by atoms with van der Waals surface area (Å²) in [6, 6.07) is 28.1. The number of carbonyl (C=O) groups excluding carboxylic acids is 1. The fraction of sp³-hybridized carbons (Fsp3) is 0.0370. The summed E-state index contributed by atoms with van der Waals surface area (Å²) in [6.07, 6.45) is 0.939. The Morgan fingerprint density at radius 1 is 0.818 bits per heavy atom. The predicted molar refractivity (Wildman–Crippen MR) is 124 cm³/mol. The van der Waals surface area contributed by atoms with Gasteiger partial charge in [-0.3, -0.25) is 4.79 Å². The van der Waals surface area contributed by atoms with E-state index in [4.69, 9.17) is 4.74 Å². The molecule has 0 aliphatic heterocycles. The van der Waals surface area contributed by atoms with Crippen molar-refractivity contribution in [3.05, 3.63) is 125 Å². The lowest BCUT2D eigenvalue weighted by molar-refractivity contribution is 0.0955. The maximum absolute atomic E-state index is 13.6. The van der Waals surface area contributed by atoms with E-state index in [9.17, 15) is 13.6 Å². The Labute approximate surface area is 190 Å². The first-order valence-corrected chi connectivity index (χ1v) is 10.3. The number of hydrazone groups is 1. The Morgan fingerprint density at radius 3 is 2.21 bits per heavy atom. The number of benzene rings is 4. The normalized spacial score (nSPS) is 10.8. The Kier molecular flexibility index (Phi) is 6.85. The van der Waals surface area contributed by atoms with E-state index in [1.54, 1.807) is 24.3 Å². The standard InChI is InChI=1S/C27H20F2N2O2/c28-24-10-6-11-25(29)23(24)17-30-31-27(32)21-15-13-19(14-16-21)18-33-26-12-5-4-9-22(26)20-7-2-1-3-8-20/h1-17H,18H2,(H,31,32). The molecule has 0 spiro atoms. The second-order valence-corrected chi connectivity index (χ2v) is 7.18. The molecule has 0 unspecified atom stereocenters. The van der Waals surface area contributed by atoms with E-state index in [0.29, 0.717) is 12.2 Å². The Balaban J connectivity index is 1.37. The zero-order chi connectivity index (χ0) is 23.0. The molecular formula is C27H20F2N2O2. The molecule has 0 radical (unpaired) electrons. The van der Waals surface area contributed by atoms with Gasteiger partial charge in [-0.25, -0.2) is 14.2 Å². The van der Waals surface area contributed by atoms with Crippen LogP contribution in [0.3, 0.4) is 0 Å². The van der Waals surface area contributed by atoms with Crippen molar-refractivity contribution in [2.24, 2.45) is 5.10 Å². The van der Waals surface area contributed by atoms with Crippen molar-refractivity contribution >= 4 is 12.1 Å². The van der Waals surface area contributed by atoms with E-state index >= 15 is 0 Å². The molecule has 0 fully saturated rings. The monoisotopic (exact) mass is 442 g/mol. The molecule has 4 nitrogen and oxygen atoms in total. The molecule has 6 heteroatoms. The number of carbonyl (C=O) groups is 1. The highest BCUT2D eigenvalue weighted by Crippen LogP contribution is 2.30. The van der Waals surface area contributed by atoms with Crippen molar-refractivity contribution in [2.45, 2.75) is 6.61 Å². The number of hydrogen-bond donors (Lipinski definition) is 1. The van der Waals surface area contributed by atoms with E-state index in [-0.39, 0.29) is 5.56 Å². The molecule has 4 aromatic carbocycles. The lowest BCUT2D eigenvalue weighted by Crippen LogP contribution is -2.17. The van der Waals surface area contributed by atoms with E-state index in [2.05, 4.69) is 10.5 Å². The smallest absolute Gasteiger partial charge is 0.271 e. The van der Waals surface area contributed by atoms with Gasteiger partial charge in [-0.1, -0.05) is 66.7 Å². The molecule has 0 aliphatic carbocycles. The van der Waals surface area contributed by atoms with Gasteiger partial charge in [0.05, 0.1) is 11.8 Å². The number of nitrogens with zero attached hydrogens (tertiary/aromatic N) is 1. The summed E-state index contributed by atoms with van der Waals surface area (Å²) >= 11 is 0. The van der Waals surface area contributed by atoms with Gasteiger partial charge in [0, 0.05) is 11.1 Å². The zero-order valence-corrected chi connectivity index (χ0v) is 17.5. The van der Waals surface area contributed by atoms with Gasteiger partial charge in [0.2, 0.25) is 0 Å². The number of hydrogen-bond acceptors (Lipinski definition) is 3. The van der Waals surface area contributed by atoms with E-state index in [1.807, 2.05) is 54.6 Å². The van der Waals surface area contributed by atoms with Gasteiger partial charge in [-0.15, -0.1) is 0 Å². The fourth-order valence-corrected chi connectivity index (χ4v) is 3.22. The van der Waals surface area contributed by atoms with Crippen LogP contribution in [0.2, 0.25) is 0 Å². The molecule has 0 saturated carbocycles. The second-order valence-electron chi connectivity index (χ2n) is 7.18. The molecule has 0 aromatic heterocycles. The van der Waals surface area contributed by atoms with Crippen molar-refractivity contribution in [3.8, 4) is 16.9 Å². The third-order valence-electron chi connectivity index (χ3n) is 4.94. The van der Waals surface area contributed by atoms with Crippen LogP contribution < -0.4 is 10.2 Å². The van der Waals surface area contributed by atoms with Gasteiger partial charge in [-0.05, 0) is 41.5 Å². The first-order valence-electron chi connectivity index (χ1n) is 10.3. The van der Waals surface area contributed by atoms with Crippen LogP contribution in [0, 0.1) is 11.6 Å². The topological polar surface area (TPSA) is 50.7 Å². The van der Waals surface area contributed by atoms with Gasteiger partial charge in [0.25, 0.3) is 5.91 Å². The molecule has 0 bridgehead atoms. The molecule has 4 aromatic rings. The van der Waals surface area contributed by atoms with E-state index in [1.165, 1.54) is 6.07 Å². The SMILES string of the molecule is O=C(NN=Cc1c(F)cccc1F)c1ccc(COc2ccccc2-c2ccccc2)cc1. The van der Waals surface area contributed by atoms with Crippen LogP contribution in [0.1, 0.15) is 21.5 Å². The Bertz CT molecular complexity index is 1250. The summed E-state index contributed by atoms with van der Waals surface area (Å²) in [6.45, 7) is 0.330. The molecule has 33 heavy (non-hydrogen) atoms. The minimum atomic E-state index is -0.758. The molecule has 1 amide bonds. The molecule has 0 aliphatic rings. The number of para-hydroxylation sites is 1. The van der Waals surface area contributed by atoms with Crippen LogP contribution in [0.4, 0.5) is 8.78 Å². The van der Waals surface area contributed by atoms with Gasteiger partial charge in [0.1, 0.15) is 24.0 Å². The summed E-state index contributed by atoms with van der Waals surface area (Å²) in [4.78, 5) is 12.3. The predicted octanol–water partition coefficient (Wildman–Crippen LogP) is 5.97. The fourth-order valence-electron chi connectivity index (χ4n) is 3.22. The van der Waals surface area contributed by atoms with Crippen molar-refractivity contribution in [1.29, 1.82) is 0 Å². The maximum Gasteiger partial charge on any atom is 0.271 e. The number of halogens is 2. The number of rotatable bonds is 7. The largest absolute Gasteiger partial charge is 0.488 e. The highest BCUT2D eigenvalue weighted by molar-refractivity contribution is 5.94. The van der Waals surface area contributed by atoms with Gasteiger partial charge in [-0.2, -0.15) is 5.10 Å². The van der Waals surface area contributed by atoms with Gasteiger partial charge < -0.3 is 4.74 Å². The summed E-state index contributed by atoms with van der Waals surface area (Å²) in [5.74, 6) is -1.25. The van der Waals surface area contributed by atoms with Crippen LogP contribution in [-0.2, 0) is 6.61 Å². The van der Waals surface area contributed by atoms with Crippen LogP contribution in [0.5, 0.6) is 5.75 Å². The van der Waals surface area contributed by atoms with Crippen LogP contribution in [0.15, 0.2) is 102 Å². The summed E-state index contributed by atoms with van der Waals surface area (Å²) < 4.78 is 33.2. The third-order valence-corrected chi connectivity index (χ3v) is 4.94. The summed E-state index contributed by atoms with van der Waals surface area (Å²) in [5.41, 5.74) is 5.25. The first kappa shape index (κ1) is 21.9. The van der Waals surface area contributed by atoms with Crippen LogP contribution in [-0.4, -0.2) is 12.1 Å². The average molecular weight is 442 g/mol. The van der Waals surface area contributed by atoms with Crippen molar-refractivity contribution in [1.82, 2.24) is 5.43 Å². The zero-order valence-electron chi connectivity index (χ0n) is 17.5. The molecule has 0 saturated heterocycles. The van der Waals surface area contributed by atoms with Crippen LogP contribution in [0.25, 0.3) is 11.1 Å². The summed E-state index contributed by atoms with van der Waals surface area (Å²) in [7, 11) is 0. The maximum atomic E-state index is 13.6. The number of nitrogens with one attached hydrogen (secondary N) is 1. The molecular weight excluding hydrogens is 422 g/mol. The minimum absolute atomic E-state index is 0.318. The molecule has 0 atom stereocenters. The van der Waals surface area contributed by atoms with Gasteiger partial charge >= 0.3 is 0 Å². The highest BCUT2D eigenvalue weighted by Gasteiger charge is 2.08. The number of amides is 1. The lowest BCUT2D eigenvalue weighted by atomic mass is 10.0. The lowest BCUT2D eigenvalue weighted by Gasteiger charge is -2.12. The van der Waals surface area contributed by atoms with E-state index < -0.39 is 17.5 Å². The summed E-state index contributed by atoms with van der Waals surface area (Å²) in [5, 5.41) is 3.65. The minimum Gasteiger partial charge on any atom is -0.488 e. The van der Waals surface area contributed by atoms with Crippen LogP contribution >= 0.6 is 0 Å². The molecule has 4 rings (SSSR count). The Hall–Kier alpha value is -4.32. The second kappa shape index (κ2) is 10.3. The van der Waals surface area contributed by atoms with E-state index in [0.717, 1.165) is 40.8 Å². The first-order chi connectivity index (χ1) is 16.1. The van der Waals surface area contributed by atoms with Crippen molar-refractivity contribution in [2.75, 3.05) is 0 Å². The molecule has 164 valence electrons. The van der Waals surface area contributed by atoms with Crippen molar-refractivity contribution < 1.29 is 18.3 Å². The van der Waals surface area contributed by atoms with Gasteiger partial charge in [0.15, 0.2) is 0 Å². The molecule has 0 heterocycles. The molecule has 1 N–H and O–H groups in total. The number of ether oxygens (including phenoxy) is 1. The quantitative estimate of drug-likeness (QED) is 0.283. The highest BCUT2D eigenvalue weighted by atomic mass is 19.1.